The van der Waals surface area contributed by atoms with Gasteiger partial charge in [-0.3, -0.25) is 0 Å². The molecule has 84 valence electrons. The fourth-order valence-corrected chi connectivity index (χ4v) is 1.80. The van der Waals surface area contributed by atoms with Crippen LogP contribution in [-0.2, 0) is 0 Å². The van der Waals surface area contributed by atoms with Crippen LogP contribution in [0.2, 0.25) is 0 Å². The Bertz CT molecular complexity index is 691. The van der Waals surface area contributed by atoms with Gasteiger partial charge in [0.25, 0.3) is 0 Å². The Hall–Kier alpha value is -2.36. The van der Waals surface area contributed by atoms with Crippen molar-refractivity contribution in [1.29, 1.82) is 0 Å². The van der Waals surface area contributed by atoms with Crippen LogP contribution in [0.3, 0.4) is 0 Å². The van der Waals surface area contributed by atoms with Gasteiger partial charge < -0.3 is 9.51 Å². The second-order valence-corrected chi connectivity index (χ2v) is 3.73. The van der Waals surface area contributed by atoms with Gasteiger partial charge in [-0.05, 0) is 24.3 Å². The largest absolute Gasteiger partial charge is 0.504 e. The van der Waals surface area contributed by atoms with Gasteiger partial charge in [0, 0.05) is 18.0 Å². The molecule has 0 bridgehead atoms. The molecule has 0 amide bonds. The number of nitrogens with zero attached hydrogens (tertiary/aromatic N) is 2. The fraction of sp³-hybridized carbons (Fsp3) is 0. The van der Waals surface area contributed by atoms with Gasteiger partial charge in [-0.2, -0.15) is 0 Å². The average Bonchev–Trinajstić information content (AvgIpc) is 2.75. The van der Waals surface area contributed by atoms with Crippen molar-refractivity contribution in [3.63, 3.8) is 0 Å². The molecular formula is C13H9FN2O. The second kappa shape index (κ2) is 3.59. The maximum Gasteiger partial charge on any atom is 0.180 e. The molecule has 0 aliphatic heterocycles. The maximum absolute atomic E-state index is 13.6. The van der Waals surface area contributed by atoms with E-state index in [4.69, 9.17) is 0 Å². The van der Waals surface area contributed by atoms with Crippen LogP contribution in [0.15, 0.2) is 48.8 Å². The van der Waals surface area contributed by atoms with E-state index in [1.165, 1.54) is 6.07 Å². The zero-order valence-electron chi connectivity index (χ0n) is 8.84. The molecule has 3 rings (SSSR count). The van der Waals surface area contributed by atoms with Crippen molar-refractivity contribution in [2.45, 2.75) is 0 Å². The van der Waals surface area contributed by atoms with Crippen LogP contribution in [0.4, 0.5) is 4.39 Å². The summed E-state index contributed by atoms with van der Waals surface area (Å²) in [6.45, 7) is 0. The highest BCUT2D eigenvalue weighted by Gasteiger charge is 2.10. The molecule has 1 aromatic carbocycles. The minimum absolute atomic E-state index is 0.0788. The van der Waals surface area contributed by atoms with Gasteiger partial charge in [0.15, 0.2) is 11.4 Å². The third-order valence-corrected chi connectivity index (χ3v) is 2.61. The summed E-state index contributed by atoms with van der Waals surface area (Å²) < 4.78 is 15.3. The number of aromatic nitrogens is 2. The Labute approximate surface area is 96.8 Å². The van der Waals surface area contributed by atoms with Gasteiger partial charge in [-0.15, -0.1) is 0 Å². The van der Waals surface area contributed by atoms with E-state index in [9.17, 15) is 9.50 Å². The van der Waals surface area contributed by atoms with Gasteiger partial charge in [0.05, 0.1) is 5.69 Å². The first-order valence-corrected chi connectivity index (χ1v) is 5.17. The SMILES string of the molecule is Oc1cccn2cc(-c3ccccc3F)nc12. The predicted octanol–water partition coefficient (Wildman–Crippen LogP) is 2.85. The topological polar surface area (TPSA) is 37.5 Å². The molecule has 3 nitrogen and oxygen atoms in total. The van der Waals surface area contributed by atoms with Crippen LogP contribution in [0.1, 0.15) is 0 Å². The summed E-state index contributed by atoms with van der Waals surface area (Å²) >= 11 is 0. The van der Waals surface area contributed by atoms with Gasteiger partial charge in [0.1, 0.15) is 5.82 Å². The molecule has 4 heteroatoms. The molecule has 17 heavy (non-hydrogen) atoms. The van der Waals surface area contributed by atoms with Crippen molar-refractivity contribution < 1.29 is 9.50 Å². The highest BCUT2D eigenvalue weighted by Crippen LogP contribution is 2.25. The smallest absolute Gasteiger partial charge is 0.180 e. The number of imidazole rings is 1. The first-order valence-electron chi connectivity index (χ1n) is 5.17. The van der Waals surface area contributed by atoms with Crippen LogP contribution >= 0.6 is 0 Å². The number of aromatic hydroxyl groups is 1. The molecule has 2 aromatic heterocycles. The highest BCUT2D eigenvalue weighted by molar-refractivity contribution is 5.66. The Morgan fingerprint density at radius 1 is 1.12 bits per heavy atom. The minimum atomic E-state index is -0.324. The number of hydrogen-bond donors (Lipinski definition) is 1. The maximum atomic E-state index is 13.6. The Morgan fingerprint density at radius 3 is 2.71 bits per heavy atom. The van der Waals surface area contributed by atoms with Crippen molar-refractivity contribution in [1.82, 2.24) is 9.38 Å². The normalized spacial score (nSPS) is 10.9. The summed E-state index contributed by atoms with van der Waals surface area (Å²) in [5.41, 5.74) is 1.35. The summed E-state index contributed by atoms with van der Waals surface area (Å²) in [5, 5.41) is 9.62. The molecule has 0 radical (unpaired) electrons. The van der Waals surface area contributed by atoms with Crippen LogP contribution in [0.5, 0.6) is 5.75 Å². The van der Waals surface area contributed by atoms with Gasteiger partial charge in [-0.25, -0.2) is 9.37 Å². The predicted molar refractivity (Wildman–Crippen MR) is 62.3 cm³/mol. The lowest BCUT2D eigenvalue weighted by atomic mass is 10.1. The van der Waals surface area contributed by atoms with Crippen LogP contribution in [-0.4, -0.2) is 14.5 Å². The first kappa shape index (κ1) is 9.84. The standard InChI is InChI=1S/C13H9FN2O/c14-10-5-2-1-4-9(10)11-8-16-7-3-6-12(17)13(16)15-11/h1-8,17H. The lowest BCUT2D eigenvalue weighted by Crippen LogP contribution is -1.82. The summed E-state index contributed by atoms with van der Waals surface area (Å²) in [5.74, 6) is -0.245. The van der Waals surface area contributed by atoms with Crippen LogP contribution < -0.4 is 0 Å². The zero-order chi connectivity index (χ0) is 11.8. The average molecular weight is 228 g/mol. The molecule has 0 fully saturated rings. The van der Waals surface area contributed by atoms with Crippen molar-refractivity contribution in [2.75, 3.05) is 0 Å². The highest BCUT2D eigenvalue weighted by atomic mass is 19.1. The third-order valence-electron chi connectivity index (χ3n) is 2.61. The van der Waals surface area contributed by atoms with E-state index in [0.717, 1.165) is 0 Å². The van der Waals surface area contributed by atoms with Crippen molar-refractivity contribution in [2.24, 2.45) is 0 Å². The van der Waals surface area contributed by atoms with E-state index in [1.54, 1.807) is 47.1 Å². The number of rotatable bonds is 1. The summed E-state index contributed by atoms with van der Waals surface area (Å²) in [7, 11) is 0. The quantitative estimate of drug-likeness (QED) is 0.695. The number of benzene rings is 1. The molecule has 0 unspecified atom stereocenters. The number of fused-ring (bicyclic) bond motifs is 1. The summed E-state index contributed by atoms with van der Waals surface area (Å²) in [6, 6.07) is 9.68. The molecule has 0 saturated heterocycles. The van der Waals surface area contributed by atoms with Crippen LogP contribution in [0, 0.1) is 5.82 Å². The van der Waals surface area contributed by atoms with E-state index >= 15 is 0 Å². The number of pyridine rings is 1. The van der Waals surface area contributed by atoms with Gasteiger partial charge in [0.2, 0.25) is 0 Å². The molecule has 0 spiro atoms. The molecule has 3 aromatic rings. The Kier molecular flexibility index (Phi) is 2.08. The van der Waals surface area contributed by atoms with E-state index in [2.05, 4.69) is 4.98 Å². The third kappa shape index (κ3) is 1.54. The molecule has 0 aliphatic rings. The lowest BCUT2D eigenvalue weighted by Gasteiger charge is -1.96. The minimum Gasteiger partial charge on any atom is -0.504 e. The molecule has 0 saturated carbocycles. The monoisotopic (exact) mass is 228 g/mol. The van der Waals surface area contributed by atoms with E-state index in [0.29, 0.717) is 16.9 Å². The summed E-state index contributed by atoms with van der Waals surface area (Å²) in [4.78, 5) is 4.22. The van der Waals surface area contributed by atoms with Crippen molar-refractivity contribution >= 4 is 5.65 Å². The van der Waals surface area contributed by atoms with Gasteiger partial charge in [-0.1, -0.05) is 12.1 Å². The van der Waals surface area contributed by atoms with E-state index < -0.39 is 0 Å². The fourth-order valence-electron chi connectivity index (χ4n) is 1.80. The van der Waals surface area contributed by atoms with Crippen molar-refractivity contribution in [3.05, 3.63) is 54.6 Å². The molecule has 1 N–H and O–H groups in total. The van der Waals surface area contributed by atoms with Gasteiger partial charge >= 0.3 is 0 Å². The Morgan fingerprint density at radius 2 is 1.94 bits per heavy atom. The first-order chi connectivity index (χ1) is 8.25. The molecule has 0 aliphatic carbocycles. The summed E-state index contributed by atoms with van der Waals surface area (Å²) in [6.07, 6.45) is 3.44. The number of hydrogen-bond acceptors (Lipinski definition) is 2. The Balaban J connectivity index is 2.26. The van der Waals surface area contributed by atoms with E-state index in [-0.39, 0.29) is 11.6 Å². The molecule has 0 atom stereocenters. The number of halogens is 1. The second-order valence-electron chi connectivity index (χ2n) is 3.73. The van der Waals surface area contributed by atoms with E-state index in [1.807, 2.05) is 0 Å². The molecule has 2 heterocycles. The zero-order valence-corrected chi connectivity index (χ0v) is 8.84. The van der Waals surface area contributed by atoms with Crippen LogP contribution in [0.25, 0.3) is 16.9 Å². The molecular weight excluding hydrogens is 219 g/mol. The lowest BCUT2D eigenvalue weighted by molar-refractivity contribution is 0.477. The van der Waals surface area contributed by atoms with Crippen molar-refractivity contribution in [3.8, 4) is 17.0 Å².